The number of hydrogen-bond donors (Lipinski definition) is 1. The number of rotatable bonds is 6. The van der Waals surface area contributed by atoms with Crippen molar-refractivity contribution in [3.63, 3.8) is 0 Å². The van der Waals surface area contributed by atoms with E-state index in [4.69, 9.17) is 25.6 Å². The van der Waals surface area contributed by atoms with Gasteiger partial charge in [-0.1, -0.05) is 44.2 Å². The molecule has 176 valence electrons. The highest BCUT2D eigenvalue weighted by molar-refractivity contribution is 5.68. The Morgan fingerprint density at radius 1 is 1.00 bits per heavy atom. The summed E-state index contributed by atoms with van der Waals surface area (Å²) in [6, 6.07) is 17.2. The van der Waals surface area contributed by atoms with Crippen molar-refractivity contribution in [3.8, 4) is 28.7 Å². The minimum Gasteiger partial charge on any atom is -0.368 e. The molecule has 0 radical (unpaired) electrons. The van der Waals surface area contributed by atoms with Crippen molar-refractivity contribution in [2.45, 2.75) is 39.2 Å². The van der Waals surface area contributed by atoms with Gasteiger partial charge in [0.15, 0.2) is 0 Å². The fourth-order valence-corrected chi connectivity index (χ4v) is 3.28. The molecule has 0 atom stereocenters. The lowest BCUT2D eigenvalue weighted by Crippen LogP contribution is -2.18. The number of aromatic nitrogens is 6. The van der Waals surface area contributed by atoms with Gasteiger partial charge >= 0.3 is 6.15 Å². The summed E-state index contributed by atoms with van der Waals surface area (Å²) in [5, 5.41) is 17.7. The van der Waals surface area contributed by atoms with Gasteiger partial charge in [0.05, 0.1) is 41.5 Å². The molecule has 2 N–H and O–H groups in total. The lowest BCUT2D eigenvalue weighted by molar-refractivity contribution is -0.191. The molecule has 0 saturated carbocycles. The van der Waals surface area contributed by atoms with Crippen LogP contribution in [0.4, 0.5) is 5.95 Å². The zero-order valence-electron chi connectivity index (χ0n) is 19.6. The average Bonchev–Trinajstić information content (AvgIpc) is 3.33. The van der Waals surface area contributed by atoms with Crippen molar-refractivity contribution in [2.75, 3.05) is 5.73 Å². The fraction of sp³-hybridized carbons (Fsp3) is 0.240. The molecular weight excluding hydrogens is 444 g/mol. The highest BCUT2D eigenvalue weighted by Crippen LogP contribution is 2.26. The lowest BCUT2D eigenvalue weighted by atomic mass is 9.86. The van der Waals surface area contributed by atoms with Crippen molar-refractivity contribution in [3.05, 3.63) is 71.7 Å². The van der Waals surface area contributed by atoms with E-state index in [0.29, 0.717) is 29.2 Å². The van der Waals surface area contributed by atoms with Crippen LogP contribution in [0.25, 0.3) is 22.6 Å². The average molecular weight is 469 g/mol. The molecule has 4 aromatic rings. The predicted octanol–water partition coefficient (Wildman–Crippen LogP) is 3.40. The van der Waals surface area contributed by atoms with Gasteiger partial charge in [-0.3, -0.25) is 4.98 Å². The van der Waals surface area contributed by atoms with Gasteiger partial charge in [-0.05, 0) is 36.8 Å². The summed E-state index contributed by atoms with van der Waals surface area (Å²) >= 11 is 0. The van der Waals surface area contributed by atoms with Crippen molar-refractivity contribution in [1.82, 2.24) is 29.9 Å². The second-order valence-corrected chi connectivity index (χ2v) is 8.33. The van der Waals surface area contributed by atoms with Gasteiger partial charge in [0.2, 0.25) is 5.95 Å². The minimum atomic E-state index is 0.0152. The lowest BCUT2D eigenvalue weighted by Gasteiger charge is -2.22. The number of nitrogen functional groups attached to an aromatic ring is 1. The maximum atomic E-state index is 9.16. The number of pyridine rings is 1. The van der Waals surface area contributed by atoms with E-state index in [1.165, 1.54) is 0 Å². The van der Waals surface area contributed by atoms with Crippen LogP contribution in [-0.4, -0.2) is 36.1 Å². The molecule has 3 heterocycles. The normalized spacial score (nSPS) is 10.6. The molecular formula is C25H24N8O2. The van der Waals surface area contributed by atoms with E-state index in [1.54, 1.807) is 22.9 Å². The predicted molar refractivity (Wildman–Crippen MR) is 127 cm³/mol. The molecule has 3 aromatic heterocycles. The molecule has 0 unspecified atom stereocenters. The van der Waals surface area contributed by atoms with Crippen molar-refractivity contribution < 1.29 is 9.59 Å². The van der Waals surface area contributed by atoms with Gasteiger partial charge < -0.3 is 5.73 Å². The molecule has 0 bridgehead atoms. The number of carbonyl (C=O) groups excluding carboxylic acids is 2. The molecule has 0 amide bonds. The van der Waals surface area contributed by atoms with E-state index in [-0.39, 0.29) is 17.5 Å². The van der Waals surface area contributed by atoms with E-state index in [9.17, 15) is 0 Å². The molecule has 0 saturated heterocycles. The van der Waals surface area contributed by atoms with Crippen LogP contribution in [0.1, 0.15) is 44.1 Å². The largest absolute Gasteiger partial charge is 0.373 e. The number of benzene rings is 1. The van der Waals surface area contributed by atoms with E-state index in [2.05, 4.69) is 53.2 Å². The van der Waals surface area contributed by atoms with Gasteiger partial charge in [0.25, 0.3) is 0 Å². The molecule has 4 rings (SSSR count). The van der Waals surface area contributed by atoms with Crippen LogP contribution in [-0.2, 0) is 21.5 Å². The third kappa shape index (κ3) is 6.19. The van der Waals surface area contributed by atoms with Gasteiger partial charge in [0, 0.05) is 16.7 Å². The Hall–Kier alpha value is -4.74. The summed E-state index contributed by atoms with van der Waals surface area (Å²) in [4.78, 5) is 29.7. The molecule has 0 fully saturated rings. The van der Waals surface area contributed by atoms with Crippen molar-refractivity contribution in [2.24, 2.45) is 0 Å². The topological polar surface area (TPSA) is 153 Å². The van der Waals surface area contributed by atoms with E-state index in [0.717, 1.165) is 23.4 Å². The summed E-state index contributed by atoms with van der Waals surface area (Å²) in [6.45, 7) is 7.04. The van der Waals surface area contributed by atoms with Crippen LogP contribution in [0.3, 0.4) is 0 Å². The Kier molecular flexibility index (Phi) is 7.77. The van der Waals surface area contributed by atoms with Crippen LogP contribution in [0, 0.1) is 11.3 Å². The van der Waals surface area contributed by atoms with E-state index < -0.39 is 0 Å². The Labute approximate surface area is 202 Å². The SMILES string of the molecule is CCC(C)(C)c1cccc(Cn2cc(-c3cc(-c4cccc(C#N)c4)nc(N)n3)nn2)n1.O=C=O. The van der Waals surface area contributed by atoms with Crippen LogP contribution in [0.15, 0.2) is 54.7 Å². The van der Waals surface area contributed by atoms with Gasteiger partial charge in [-0.2, -0.15) is 14.9 Å². The van der Waals surface area contributed by atoms with Crippen LogP contribution in [0.2, 0.25) is 0 Å². The maximum absolute atomic E-state index is 9.16. The molecule has 10 heteroatoms. The fourth-order valence-electron chi connectivity index (χ4n) is 3.28. The molecule has 0 spiro atoms. The monoisotopic (exact) mass is 468 g/mol. The van der Waals surface area contributed by atoms with E-state index in [1.807, 2.05) is 30.5 Å². The van der Waals surface area contributed by atoms with E-state index >= 15 is 0 Å². The Morgan fingerprint density at radius 3 is 2.43 bits per heavy atom. The zero-order valence-corrected chi connectivity index (χ0v) is 19.6. The number of hydrogen-bond acceptors (Lipinski definition) is 9. The molecule has 1 aromatic carbocycles. The van der Waals surface area contributed by atoms with Gasteiger partial charge in [-0.15, -0.1) is 5.10 Å². The molecule has 10 nitrogen and oxygen atoms in total. The van der Waals surface area contributed by atoms with Crippen molar-refractivity contribution in [1.29, 1.82) is 5.26 Å². The molecule has 0 aliphatic heterocycles. The highest BCUT2D eigenvalue weighted by Gasteiger charge is 2.20. The number of nitrogens with two attached hydrogens (primary N) is 1. The van der Waals surface area contributed by atoms with Crippen LogP contribution in [0.5, 0.6) is 0 Å². The molecule has 0 aliphatic rings. The van der Waals surface area contributed by atoms with Crippen LogP contribution >= 0.6 is 0 Å². The van der Waals surface area contributed by atoms with Gasteiger partial charge in [-0.25, -0.2) is 14.6 Å². The number of nitriles is 1. The Balaban J connectivity index is 0.00000108. The third-order valence-corrected chi connectivity index (χ3v) is 5.54. The minimum absolute atomic E-state index is 0.0152. The first kappa shape index (κ1) is 24.9. The Bertz CT molecular complexity index is 1400. The first-order chi connectivity index (χ1) is 16.8. The summed E-state index contributed by atoms with van der Waals surface area (Å²) < 4.78 is 1.73. The number of anilines is 1. The van der Waals surface area contributed by atoms with Gasteiger partial charge in [0.1, 0.15) is 5.69 Å². The first-order valence-electron chi connectivity index (χ1n) is 10.8. The molecule has 35 heavy (non-hydrogen) atoms. The van der Waals surface area contributed by atoms with Crippen LogP contribution < -0.4 is 5.73 Å². The first-order valence-corrected chi connectivity index (χ1v) is 10.8. The zero-order chi connectivity index (χ0) is 25.4. The standard InChI is InChI=1S/C24H24N8.CO2/c1-4-24(2,3)22-10-6-9-18(27-22)14-32-15-21(30-31-32)20-12-19(28-23(26)29-20)17-8-5-7-16(11-17)13-25;2-1-3/h5-12,15H,4,14H2,1-3H3,(H2,26,28,29);. The summed E-state index contributed by atoms with van der Waals surface area (Å²) in [7, 11) is 0. The number of nitrogens with zero attached hydrogens (tertiary/aromatic N) is 7. The third-order valence-electron chi connectivity index (χ3n) is 5.54. The highest BCUT2D eigenvalue weighted by atomic mass is 16.2. The Morgan fingerprint density at radius 2 is 1.71 bits per heavy atom. The quantitative estimate of drug-likeness (QED) is 0.448. The molecule has 0 aliphatic carbocycles. The maximum Gasteiger partial charge on any atom is 0.373 e. The summed E-state index contributed by atoms with van der Waals surface area (Å²) in [6.07, 6.45) is 3.07. The second-order valence-electron chi connectivity index (χ2n) is 8.33. The van der Waals surface area contributed by atoms with Crippen molar-refractivity contribution >= 4 is 12.1 Å². The second kappa shape index (κ2) is 10.9. The summed E-state index contributed by atoms with van der Waals surface area (Å²) in [5.74, 6) is 0.130. The smallest absolute Gasteiger partial charge is 0.368 e. The summed E-state index contributed by atoms with van der Waals surface area (Å²) in [5.41, 5.74) is 11.0.